The number of nitrogens with zero attached hydrogens (tertiary/aromatic N) is 1. The summed E-state index contributed by atoms with van der Waals surface area (Å²) in [6.07, 6.45) is 0. The van der Waals surface area contributed by atoms with Gasteiger partial charge in [-0.2, -0.15) is 0 Å². The van der Waals surface area contributed by atoms with Gasteiger partial charge in [0.05, 0.1) is 6.61 Å². The molecule has 0 fully saturated rings. The maximum absolute atomic E-state index is 13.6. The van der Waals surface area contributed by atoms with E-state index in [0.29, 0.717) is 0 Å². The van der Waals surface area contributed by atoms with Crippen molar-refractivity contribution in [3.8, 4) is 0 Å². The lowest BCUT2D eigenvalue weighted by Gasteiger charge is -2.20. The summed E-state index contributed by atoms with van der Waals surface area (Å²) in [6.45, 7) is 3.25. The third-order valence-corrected chi connectivity index (χ3v) is 4.37. The molecule has 0 spiro atoms. The molecule has 7 heteroatoms. The number of rotatable bonds is 5. The Labute approximate surface area is 111 Å². The van der Waals surface area contributed by atoms with Crippen molar-refractivity contribution in [3.05, 3.63) is 29.3 Å². The highest BCUT2D eigenvalue weighted by Crippen LogP contribution is 2.23. The standard InChI is InChI=1S/C12H17F2NO3S/c1-8(2)6-15(3)19(17,18)11-5-9(7-16)4-10(13)12(11)14/h4-5,8,16H,6-7H2,1-3H3. The summed E-state index contributed by atoms with van der Waals surface area (Å²) in [7, 11) is -2.81. The number of hydrogen-bond donors (Lipinski definition) is 1. The smallest absolute Gasteiger partial charge is 0.245 e. The largest absolute Gasteiger partial charge is 0.392 e. The average molecular weight is 293 g/mol. The zero-order valence-corrected chi connectivity index (χ0v) is 11.8. The van der Waals surface area contributed by atoms with Crippen LogP contribution in [0.15, 0.2) is 17.0 Å². The molecule has 0 bridgehead atoms. The normalized spacial score (nSPS) is 12.4. The summed E-state index contributed by atoms with van der Waals surface area (Å²) in [5.74, 6) is -2.66. The molecular weight excluding hydrogens is 276 g/mol. The first-order valence-corrected chi connectivity index (χ1v) is 7.19. The molecule has 4 nitrogen and oxygen atoms in total. The van der Waals surface area contributed by atoms with Crippen molar-refractivity contribution in [1.82, 2.24) is 4.31 Å². The minimum absolute atomic E-state index is 0.00965. The fraction of sp³-hybridized carbons (Fsp3) is 0.500. The zero-order valence-electron chi connectivity index (χ0n) is 11.0. The molecule has 108 valence electrons. The zero-order chi connectivity index (χ0) is 14.8. The lowest BCUT2D eigenvalue weighted by atomic mass is 10.2. The maximum atomic E-state index is 13.6. The molecular formula is C12H17F2NO3S. The topological polar surface area (TPSA) is 57.6 Å². The molecule has 0 heterocycles. The maximum Gasteiger partial charge on any atom is 0.245 e. The molecule has 0 unspecified atom stereocenters. The van der Waals surface area contributed by atoms with Crippen LogP contribution in [0.3, 0.4) is 0 Å². The molecule has 1 N–H and O–H groups in total. The number of aliphatic hydroxyl groups excluding tert-OH is 1. The molecule has 0 radical (unpaired) electrons. The Hall–Kier alpha value is -1.05. The van der Waals surface area contributed by atoms with Crippen LogP contribution < -0.4 is 0 Å². The summed E-state index contributed by atoms with van der Waals surface area (Å²) in [5, 5.41) is 8.93. The van der Waals surface area contributed by atoms with Gasteiger partial charge in [0.1, 0.15) is 4.90 Å². The Bertz CT molecular complexity index is 558. The minimum atomic E-state index is -4.11. The Morgan fingerprint density at radius 2 is 1.89 bits per heavy atom. The van der Waals surface area contributed by atoms with Crippen LogP contribution in [0.25, 0.3) is 0 Å². The lowest BCUT2D eigenvalue weighted by Crippen LogP contribution is -2.31. The molecule has 0 amide bonds. The van der Waals surface area contributed by atoms with E-state index < -0.39 is 33.2 Å². The van der Waals surface area contributed by atoms with Crippen molar-refractivity contribution in [2.24, 2.45) is 5.92 Å². The SMILES string of the molecule is CC(C)CN(C)S(=O)(=O)c1cc(CO)cc(F)c1F. The van der Waals surface area contributed by atoms with E-state index in [4.69, 9.17) is 5.11 Å². The second-order valence-electron chi connectivity index (χ2n) is 4.73. The van der Waals surface area contributed by atoms with Crippen molar-refractivity contribution in [3.63, 3.8) is 0 Å². The first-order chi connectivity index (χ1) is 8.70. The van der Waals surface area contributed by atoms with Gasteiger partial charge in [0.2, 0.25) is 10.0 Å². The predicted molar refractivity (Wildman–Crippen MR) is 66.9 cm³/mol. The molecule has 0 aliphatic rings. The number of sulfonamides is 1. The molecule has 0 aromatic heterocycles. The molecule has 0 aliphatic carbocycles. The highest BCUT2D eigenvalue weighted by molar-refractivity contribution is 7.89. The van der Waals surface area contributed by atoms with E-state index in [-0.39, 0.29) is 18.0 Å². The van der Waals surface area contributed by atoms with E-state index in [1.807, 2.05) is 13.8 Å². The minimum Gasteiger partial charge on any atom is -0.392 e. The van der Waals surface area contributed by atoms with Gasteiger partial charge in [-0.05, 0) is 23.6 Å². The average Bonchev–Trinajstić information content (AvgIpc) is 2.31. The molecule has 0 saturated carbocycles. The Balaban J connectivity index is 3.32. The van der Waals surface area contributed by atoms with Crippen LogP contribution in [0.4, 0.5) is 8.78 Å². The van der Waals surface area contributed by atoms with Crippen LogP contribution in [0, 0.1) is 17.6 Å². The van der Waals surface area contributed by atoms with Gasteiger partial charge in [0, 0.05) is 13.6 Å². The second kappa shape index (κ2) is 5.94. The van der Waals surface area contributed by atoms with E-state index >= 15 is 0 Å². The van der Waals surface area contributed by atoms with Gasteiger partial charge in [-0.3, -0.25) is 0 Å². The van der Waals surface area contributed by atoms with Gasteiger partial charge in [-0.25, -0.2) is 21.5 Å². The molecule has 1 rings (SSSR count). The van der Waals surface area contributed by atoms with Gasteiger partial charge in [0.15, 0.2) is 11.6 Å². The van der Waals surface area contributed by atoms with Gasteiger partial charge in [-0.15, -0.1) is 0 Å². The second-order valence-corrected chi connectivity index (χ2v) is 6.74. The van der Waals surface area contributed by atoms with Crippen LogP contribution in [-0.4, -0.2) is 31.4 Å². The summed E-state index contributed by atoms with van der Waals surface area (Å²) in [4.78, 5) is -0.750. The van der Waals surface area contributed by atoms with Gasteiger partial charge in [0.25, 0.3) is 0 Å². The number of halogens is 2. The van der Waals surface area contributed by atoms with Gasteiger partial charge in [-0.1, -0.05) is 13.8 Å². The van der Waals surface area contributed by atoms with Crippen molar-refractivity contribution in [2.75, 3.05) is 13.6 Å². The number of benzene rings is 1. The van der Waals surface area contributed by atoms with Gasteiger partial charge < -0.3 is 5.11 Å². The molecule has 1 aromatic carbocycles. The van der Waals surface area contributed by atoms with Crippen molar-refractivity contribution < 1.29 is 22.3 Å². The van der Waals surface area contributed by atoms with Crippen LogP contribution >= 0.6 is 0 Å². The van der Waals surface area contributed by atoms with Crippen LogP contribution in [0.1, 0.15) is 19.4 Å². The lowest BCUT2D eigenvalue weighted by molar-refractivity contribution is 0.280. The molecule has 0 atom stereocenters. The van der Waals surface area contributed by atoms with Crippen LogP contribution in [-0.2, 0) is 16.6 Å². The fourth-order valence-corrected chi connectivity index (χ4v) is 3.13. The van der Waals surface area contributed by atoms with Crippen LogP contribution in [0.2, 0.25) is 0 Å². The Morgan fingerprint density at radius 1 is 1.32 bits per heavy atom. The van der Waals surface area contributed by atoms with Crippen molar-refractivity contribution >= 4 is 10.0 Å². The van der Waals surface area contributed by atoms with Gasteiger partial charge >= 0.3 is 0 Å². The first kappa shape index (κ1) is 16.0. The monoisotopic (exact) mass is 293 g/mol. The third-order valence-electron chi connectivity index (χ3n) is 2.55. The third kappa shape index (κ3) is 3.49. The summed E-state index contributed by atoms with van der Waals surface area (Å²) in [6, 6.07) is 1.72. The quantitative estimate of drug-likeness (QED) is 0.899. The number of aliphatic hydroxyl groups is 1. The number of hydrogen-bond acceptors (Lipinski definition) is 3. The summed E-state index contributed by atoms with van der Waals surface area (Å²) >= 11 is 0. The molecule has 0 saturated heterocycles. The van der Waals surface area contributed by atoms with E-state index in [1.54, 1.807) is 0 Å². The molecule has 1 aromatic rings. The highest BCUT2D eigenvalue weighted by atomic mass is 32.2. The van der Waals surface area contributed by atoms with E-state index in [1.165, 1.54) is 7.05 Å². The molecule has 19 heavy (non-hydrogen) atoms. The molecule has 0 aliphatic heterocycles. The first-order valence-electron chi connectivity index (χ1n) is 5.75. The summed E-state index contributed by atoms with van der Waals surface area (Å²) in [5.41, 5.74) is 0.00965. The van der Waals surface area contributed by atoms with Crippen molar-refractivity contribution in [1.29, 1.82) is 0 Å². The summed E-state index contributed by atoms with van der Waals surface area (Å²) < 4.78 is 52.2. The van der Waals surface area contributed by atoms with E-state index in [2.05, 4.69) is 0 Å². The Kier molecular flexibility index (Phi) is 5.00. The predicted octanol–water partition coefficient (Wildman–Crippen LogP) is 1.73. The fourth-order valence-electron chi connectivity index (χ4n) is 1.68. The van der Waals surface area contributed by atoms with E-state index in [9.17, 15) is 17.2 Å². The van der Waals surface area contributed by atoms with E-state index in [0.717, 1.165) is 16.4 Å². The highest BCUT2D eigenvalue weighted by Gasteiger charge is 2.27. The van der Waals surface area contributed by atoms with Crippen LogP contribution in [0.5, 0.6) is 0 Å². The van der Waals surface area contributed by atoms with Crippen molar-refractivity contribution in [2.45, 2.75) is 25.3 Å². The Morgan fingerprint density at radius 3 is 2.37 bits per heavy atom.